The Balaban J connectivity index is 1.42. The lowest BCUT2D eigenvalue weighted by atomic mass is 10.0. The number of anilines is 2. The average molecular weight is 455 g/mol. The summed E-state index contributed by atoms with van der Waals surface area (Å²) in [7, 11) is 0. The van der Waals surface area contributed by atoms with Gasteiger partial charge in [-0.1, -0.05) is 36.4 Å². The van der Waals surface area contributed by atoms with Crippen LogP contribution in [0.3, 0.4) is 0 Å². The smallest absolute Gasteiger partial charge is 0.171 e. The largest absolute Gasteiger partial charge is 0.367 e. The third-order valence-electron chi connectivity index (χ3n) is 5.60. The standard InChI is InChI=1S/C24H27FN4S2/c1-18(26-24(30)27-19-8-3-2-4-9-19)23(22-12-7-17-31-22)29-15-13-28(14-16-29)21-11-6-5-10-20(21)25/h2-12,17-18,23H,13-16H2,1H3,(H2,26,27,30)/t18-,23-/m0/s1. The molecular formula is C24H27FN4S2. The Morgan fingerprint density at radius 3 is 2.35 bits per heavy atom. The molecule has 0 spiro atoms. The summed E-state index contributed by atoms with van der Waals surface area (Å²) >= 11 is 7.34. The number of piperazine rings is 1. The number of thiophene rings is 1. The van der Waals surface area contributed by atoms with Gasteiger partial charge in [0.05, 0.1) is 11.7 Å². The summed E-state index contributed by atoms with van der Waals surface area (Å²) in [4.78, 5) is 5.92. The van der Waals surface area contributed by atoms with Crippen LogP contribution in [0.15, 0.2) is 72.1 Å². The van der Waals surface area contributed by atoms with Gasteiger partial charge in [-0.25, -0.2) is 4.39 Å². The molecule has 1 aliphatic heterocycles. The van der Waals surface area contributed by atoms with E-state index in [9.17, 15) is 4.39 Å². The molecule has 0 saturated carbocycles. The minimum Gasteiger partial charge on any atom is -0.367 e. The maximum atomic E-state index is 14.2. The van der Waals surface area contributed by atoms with Crippen LogP contribution in [0.5, 0.6) is 0 Å². The summed E-state index contributed by atoms with van der Waals surface area (Å²) in [6, 6.07) is 21.6. The van der Waals surface area contributed by atoms with Gasteiger partial charge in [-0.15, -0.1) is 11.3 Å². The zero-order chi connectivity index (χ0) is 21.6. The van der Waals surface area contributed by atoms with Crippen molar-refractivity contribution >= 4 is 40.0 Å². The van der Waals surface area contributed by atoms with Crippen LogP contribution in [0.2, 0.25) is 0 Å². The van der Waals surface area contributed by atoms with Gasteiger partial charge in [0, 0.05) is 42.8 Å². The van der Waals surface area contributed by atoms with Gasteiger partial charge >= 0.3 is 0 Å². The topological polar surface area (TPSA) is 30.5 Å². The van der Waals surface area contributed by atoms with E-state index in [1.807, 2.05) is 42.5 Å². The quantitative estimate of drug-likeness (QED) is 0.505. The van der Waals surface area contributed by atoms with Crippen molar-refractivity contribution in [2.75, 3.05) is 36.4 Å². The van der Waals surface area contributed by atoms with Crippen LogP contribution in [0.25, 0.3) is 0 Å². The zero-order valence-electron chi connectivity index (χ0n) is 17.5. The molecule has 4 rings (SSSR count). The summed E-state index contributed by atoms with van der Waals surface area (Å²) in [5.41, 5.74) is 1.66. The first-order valence-corrected chi connectivity index (χ1v) is 11.8. The monoisotopic (exact) mass is 454 g/mol. The van der Waals surface area contributed by atoms with Crippen molar-refractivity contribution in [3.63, 3.8) is 0 Å². The second kappa shape index (κ2) is 10.2. The lowest BCUT2D eigenvalue weighted by Crippen LogP contribution is -2.52. The first-order valence-electron chi connectivity index (χ1n) is 10.5. The molecule has 31 heavy (non-hydrogen) atoms. The first-order chi connectivity index (χ1) is 15.1. The molecule has 162 valence electrons. The molecule has 0 amide bonds. The Bertz CT molecular complexity index is 972. The summed E-state index contributed by atoms with van der Waals surface area (Å²) < 4.78 is 14.2. The lowest BCUT2D eigenvalue weighted by Gasteiger charge is -2.42. The van der Waals surface area contributed by atoms with Crippen LogP contribution in [0, 0.1) is 5.82 Å². The number of halogens is 1. The highest BCUT2D eigenvalue weighted by Gasteiger charge is 2.31. The van der Waals surface area contributed by atoms with Gasteiger partial charge < -0.3 is 15.5 Å². The van der Waals surface area contributed by atoms with E-state index in [4.69, 9.17) is 12.2 Å². The highest BCUT2D eigenvalue weighted by molar-refractivity contribution is 7.80. The van der Waals surface area contributed by atoms with Crippen LogP contribution in [0.1, 0.15) is 17.8 Å². The Morgan fingerprint density at radius 1 is 0.968 bits per heavy atom. The number of nitrogens with zero attached hydrogens (tertiary/aromatic N) is 2. The van der Waals surface area contributed by atoms with Gasteiger partial charge in [0.2, 0.25) is 0 Å². The van der Waals surface area contributed by atoms with Gasteiger partial charge in [-0.3, -0.25) is 4.90 Å². The lowest BCUT2D eigenvalue weighted by molar-refractivity contribution is 0.163. The van der Waals surface area contributed by atoms with Crippen molar-refractivity contribution in [1.82, 2.24) is 10.2 Å². The van der Waals surface area contributed by atoms with E-state index in [0.717, 1.165) is 31.9 Å². The maximum absolute atomic E-state index is 14.2. The Hall–Kier alpha value is -2.48. The van der Waals surface area contributed by atoms with E-state index in [-0.39, 0.29) is 17.9 Å². The summed E-state index contributed by atoms with van der Waals surface area (Å²) in [5.74, 6) is -0.155. The van der Waals surface area contributed by atoms with Crippen LogP contribution in [-0.2, 0) is 0 Å². The zero-order valence-corrected chi connectivity index (χ0v) is 19.1. The van der Waals surface area contributed by atoms with Crippen LogP contribution < -0.4 is 15.5 Å². The van der Waals surface area contributed by atoms with Crippen LogP contribution in [-0.4, -0.2) is 42.2 Å². The van der Waals surface area contributed by atoms with Crippen molar-refractivity contribution in [2.24, 2.45) is 0 Å². The number of thiocarbonyl (C=S) groups is 1. The molecule has 1 saturated heterocycles. The molecule has 2 aromatic carbocycles. The number of nitrogens with one attached hydrogen (secondary N) is 2. The number of rotatable bonds is 6. The SMILES string of the molecule is C[C@H](NC(=S)Nc1ccccc1)[C@@H](c1cccs1)N1CCN(c2ccccc2F)CC1. The van der Waals surface area contributed by atoms with Gasteiger partial charge in [0.1, 0.15) is 5.82 Å². The fourth-order valence-electron chi connectivity index (χ4n) is 4.13. The Labute approximate surface area is 192 Å². The number of hydrogen-bond acceptors (Lipinski definition) is 4. The van der Waals surface area contributed by atoms with Crippen molar-refractivity contribution in [3.8, 4) is 0 Å². The fraction of sp³-hybridized carbons (Fsp3) is 0.292. The molecule has 4 nitrogen and oxygen atoms in total. The van der Waals surface area contributed by atoms with Crippen LogP contribution >= 0.6 is 23.6 Å². The average Bonchev–Trinajstić information content (AvgIpc) is 3.30. The molecule has 3 aromatic rings. The third-order valence-corrected chi connectivity index (χ3v) is 6.76. The Kier molecular flexibility index (Phi) is 7.17. The molecule has 7 heteroatoms. The molecule has 0 radical (unpaired) electrons. The number of benzene rings is 2. The molecule has 1 aliphatic rings. The predicted octanol–water partition coefficient (Wildman–Crippen LogP) is 5.13. The molecule has 0 aliphatic carbocycles. The summed E-state index contributed by atoms with van der Waals surface area (Å²) in [5, 5.41) is 9.48. The van der Waals surface area contributed by atoms with E-state index in [1.54, 1.807) is 17.4 Å². The van der Waals surface area contributed by atoms with Crippen molar-refractivity contribution in [1.29, 1.82) is 0 Å². The maximum Gasteiger partial charge on any atom is 0.171 e. The predicted molar refractivity (Wildman–Crippen MR) is 133 cm³/mol. The van der Waals surface area contributed by atoms with E-state index in [2.05, 4.69) is 44.9 Å². The van der Waals surface area contributed by atoms with Gasteiger partial charge in [-0.05, 0) is 54.9 Å². The molecular weight excluding hydrogens is 427 g/mol. The molecule has 1 fully saturated rings. The highest BCUT2D eigenvalue weighted by Crippen LogP contribution is 2.30. The summed E-state index contributed by atoms with van der Waals surface area (Å²) in [6.07, 6.45) is 0. The fourth-order valence-corrected chi connectivity index (χ4v) is 5.39. The second-order valence-corrected chi connectivity index (χ2v) is 9.08. The molecule has 0 unspecified atom stereocenters. The number of hydrogen-bond donors (Lipinski definition) is 2. The molecule has 2 atom stereocenters. The van der Waals surface area contributed by atoms with E-state index in [0.29, 0.717) is 10.8 Å². The van der Waals surface area contributed by atoms with Crippen molar-refractivity contribution in [3.05, 3.63) is 82.8 Å². The minimum absolute atomic E-state index is 0.113. The van der Waals surface area contributed by atoms with Gasteiger partial charge in [0.25, 0.3) is 0 Å². The Morgan fingerprint density at radius 2 is 1.68 bits per heavy atom. The molecule has 1 aromatic heterocycles. The minimum atomic E-state index is -0.155. The second-order valence-electron chi connectivity index (χ2n) is 7.69. The molecule has 2 heterocycles. The normalized spacial score (nSPS) is 16.5. The molecule has 0 bridgehead atoms. The van der Waals surface area contributed by atoms with E-state index >= 15 is 0 Å². The molecule has 2 N–H and O–H groups in total. The van der Waals surface area contributed by atoms with Crippen molar-refractivity contribution < 1.29 is 4.39 Å². The third kappa shape index (κ3) is 5.42. The van der Waals surface area contributed by atoms with Crippen LogP contribution in [0.4, 0.5) is 15.8 Å². The van der Waals surface area contributed by atoms with Gasteiger partial charge in [0.15, 0.2) is 5.11 Å². The first kappa shape index (κ1) is 21.7. The van der Waals surface area contributed by atoms with E-state index < -0.39 is 0 Å². The highest BCUT2D eigenvalue weighted by atomic mass is 32.1. The summed E-state index contributed by atoms with van der Waals surface area (Å²) in [6.45, 7) is 5.49. The number of para-hydroxylation sites is 2. The van der Waals surface area contributed by atoms with Gasteiger partial charge in [-0.2, -0.15) is 0 Å². The van der Waals surface area contributed by atoms with Crippen molar-refractivity contribution in [2.45, 2.75) is 19.0 Å². The van der Waals surface area contributed by atoms with E-state index in [1.165, 1.54) is 10.9 Å².